The van der Waals surface area contributed by atoms with E-state index in [0.29, 0.717) is 12.0 Å². The molecule has 0 N–H and O–H groups in total. The molecule has 6 heteroatoms. The largest absolute Gasteiger partial charge is 0.306 e. The van der Waals surface area contributed by atoms with Gasteiger partial charge in [0.2, 0.25) is 5.91 Å². The van der Waals surface area contributed by atoms with Crippen LogP contribution in [0.15, 0.2) is 71.6 Å². The lowest BCUT2D eigenvalue weighted by Crippen LogP contribution is -2.41. The van der Waals surface area contributed by atoms with Crippen LogP contribution in [0, 0.1) is 11.6 Å². The molecule has 0 fully saturated rings. The van der Waals surface area contributed by atoms with Gasteiger partial charge in [-0.25, -0.2) is 8.78 Å². The van der Waals surface area contributed by atoms with Gasteiger partial charge in [0, 0.05) is 22.1 Å². The van der Waals surface area contributed by atoms with Crippen molar-refractivity contribution in [3.63, 3.8) is 0 Å². The number of fused-ring (bicyclic) bond motifs is 1. The predicted molar refractivity (Wildman–Crippen MR) is 114 cm³/mol. The lowest BCUT2D eigenvalue weighted by molar-refractivity contribution is -0.118. The van der Waals surface area contributed by atoms with Gasteiger partial charge in [-0.05, 0) is 37.1 Å². The second-order valence-electron chi connectivity index (χ2n) is 7.19. The van der Waals surface area contributed by atoms with Gasteiger partial charge in [-0.2, -0.15) is 0 Å². The minimum absolute atomic E-state index is 0.00825. The van der Waals surface area contributed by atoms with Crippen LogP contribution >= 0.6 is 11.8 Å². The Morgan fingerprint density at radius 2 is 1.77 bits per heavy atom. The van der Waals surface area contributed by atoms with Crippen LogP contribution < -0.4 is 4.90 Å². The number of ketones is 1. The molecule has 0 aromatic heterocycles. The van der Waals surface area contributed by atoms with Crippen LogP contribution in [0.5, 0.6) is 0 Å². The molecule has 152 valence electrons. The number of Topliss-reactive ketones (excluding diaryl/α,β-unsaturated/α-hetero) is 1. The van der Waals surface area contributed by atoms with Crippen LogP contribution in [0.3, 0.4) is 0 Å². The standard InChI is InChI=1S/C24H19F2NO2S/c1-15(28)17-8-6-16(7-9-17)12-23-24(29)27(21-4-2-3-5-22(21)30-23)14-18-10-11-19(25)13-20(18)26/h2-11,13,23H,12,14H2,1H3. The number of para-hydroxylation sites is 1. The molecular formula is C24H19F2NO2S. The Bertz CT molecular complexity index is 1110. The number of carbonyl (C=O) groups is 2. The van der Waals surface area contributed by atoms with Crippen molar-refractivity contribution < 1.29 is 18.4 Å². The van der Waals surface area contributed by atoms with Gasteiger partial charge >= 0.3 is 0 Å². The van der Waals surface area contributed by atoms with E-state index in [-0.39, 0.29) is 29.0 Å². The number of carbonyl (C=O) groups excluding carboxylic acids is 2. The highest BCUT2D eigenvalue weighted by Gasteiger charge is 2.34. The van der Waals surface area contributed by atoms with Crippen LogP contribution in [0.1, 0.15) is 28.4 Å². The molecule has 30 heavy (non-hydrogen) atoms. The third-order valence-corrected chi connectivity index (χ3v) is 6.34. The van der Waals surface area contributed by atoms with Gasteiger partial charge in [-0.3, -0.25) is 9.59 Å². The number of rotatable bonds is 5. The molecule has 1 unspecified atom stereocenters. The smallest absolute Gasteiger partial charge is 0.241 e. The molecule has 0 spiro atoms. The highest BCUT2D eigenvalue weighted by atomic mass is 32.2. The first kappa shape index (κ1) is 20.3. The number of benzene rings is 3. The van der Waals surface area contributed by atoms with E-state index >= 15 is 0 Å². The van der Waals surface area contributed by atoms with Crippen molar-refractivity contribution in [3.05, 3.63) is 95.1 Å². The number of hydrogen-bond acceptors (Lipinski definition) is 3. The summed E-state index contributed by atoms with van der Waals surface area (Å²) in [7, 11) is 0. The van der Waals surface area contributed by atoms with E-state index in [1.807, 2.05) is 36.4 Å². The number of halogens is 2. The Morgan fingerprint density at radius 3 is 2.47 bits per heavy atom. The monoisotopic (exact) mass is 423 g/mol. The summed E-state index contributed by atoms with van der Waals surface area (Å²) in [5.41, 5.74) is 2.55. The van der Waals surface area contributed by atoms with E-state index < -0.39 is 11.6 Å². The zero-order valence-corrected chi connectivity index (χ0v) is 17.1. The van der Waals surface area contributed by atoms with Crippen LogP contribution in [0.4, 0.5) is 14.5 Å². The van der Waals surface area contributed by atoms with Gasteiger partial charge in [0.05, 0.1) is 17.5 Å². The zero-order chi connectivity index (χ0) is 21.3. The third kappa shape index (κ3) is 4.14. The summed E-state index contributed by atoms with van der Waals surface area (Å²) in [6, 6.07) is 18.1. The first-order valence-corrected chi connectivity index (χ1v) is 10.4. The Labute approximate surface area is 177 Å². The molecule has 3 nitrogen and oxygen atoms in total. The molecule has 1 aliphatic rings. The number of anilines is 1. The summed E-state index contributed by atoms with van der Waals surface area (Å²) in [5, 5.41) is -0.383. The predicted octanol–water partition coefficient (Wildman–Crippen LogP) is 5.42. The van der Waals surface area contributed by atoms with E-state index in [4.69, 9.17) is 0 Å². The van der Waals surface area contributed by atoms with E-state index in [9.17, 15) is 18.4 Å². The van der Waals surface area contributed by atoms with Gasteiger partial charge in [-0.15, -0.1) is 11.8 Å². The normalized spacial score (nSPS) is 15.8. The molecule has 0 saturated heterocycles. The molecule has 0 radical (unpaired) electrons. The minimum atomic E-state index is -0.671. The molecule has 3 aromatic rings. The molecule has 3 aromatic carbocycles. The lowest BCUT2D eigenvalue weighted by atomic mass is 10.0. The molecule has 0 bridgehead atoms. The van der Waals surface area contributed by atoms with Crippen LogP contribution in [0.2, 0.25) is 0 Å². The van der Waals surface area contributed by atoms with Crippen molar-refractivity contribution in [2.75, 3.05) is 4.90 Å². The van der Waals surface area contributed by atoms with E-state index in [1.54, 1.807) is 17.0 Å². The van der Waals surface area contributed by atoms with Gasteiger partial charge < -0.3 is 4.90 Å². The van der Waals surface area contributed by atoms with Gasteiger partial charge in [0.15, 0.2) is 5.78 Å². The summed E-state index contributed by atoms with van der Waals surface area (Å²) in [6.07, 6.45) is 0.485. The maximum absolute atomic E-state index is 14.2. The van der Waals surface area contributed by atoms with Crippen molar-refractivity contribution in [1.29, 1.82) is 0 Å². The highest BCUT2D eigenvalue weighted by molar-refractivity contribution is 8.01. The highest BCUT2D eigenvalue weighted by Crippen LogP contribution is 2.41. The summed E-state index contributed by atoms with van der Waals surface area (Å²) in [6.45, 7) is 1.54. The number of hydrogen-bond donors (Lipinski definition) is 0. The maximum Gasteiger partial charge on any atom is 0.241 e. The molecule has 4 rings (SSSR count). The molecule has 1 amide bonds. The quantitative estimate of drug-likeness (QED) is 0.515. The number of amides is 1. The molecule has 1 heterocycles. The lowest BCUT2D eigenvalue weighted by Gasteiger charge is -2.34. The second-order valence-corrected chi connectivity index (χ2v) is 8.44. The summed E-state index contributed by atoms with van der Waals surface area (Å²) in [4.78, 5) is 27.3. The number of thioether (sulfide) groups is 1. The third-order valence-electron chi connectivity index (χ3n) is 5.09. The maximum atomic E-state index is 14.2. The molecule has 0 saturated carbocycles. The van der Waals surface area contributed by atoms with Crippen molar-refractivity contribution in [2.24, 2.45) is 0 Å². The molecular weight excluding hydrogens is 404 g/mol. The van der Waals surface area contributed by atoms with Crippen LogP contribution in [-0.4, -0.2) is 16.9 Å². The van der Waals surface area contributed by atoms with Crippen molar-refractivity contribution in [3.8, 4) is 0 Å². The minimum Gasteiger partial charge on any atom is -0.306 e. The fraction of sp³-hybridized carbons (Fsp3) is 0.167. The SMILES string of the molecule is CC(=O)c1ccc(CC2Sc3ccccc3N(Cc3ccc(F)cc3F)C2=O)cc1. The summed E-state index contributed by atoms with van der Waals surface area (Å²) >= 11 is 1.48. The van der Waals surface area contributed by atoms with Crippen molar-refractivity contribution in [1.82, 2.24) is 0 Å². The van der Waals surface area contributed by atoms with Crippen molar-refractivity contribution in [2.45, 2.75) is 30.0 Å². The van der Waals surface area contributed by atoms with Crippen molar-refractivity contribution >= 4 is 29.1 Å². The second kappa shape index (κ2) is 8.40. The summed E-state index contributed by atoms with van der Waals surface area (Å²) in [5.74, 6) is -1.46. The van der Waals surface area contributed by atoms with Crippen LogP contribution in [0.25, 0.3) is 0 Å². The van der Waals surface area contributed by atoms with Gasteiger partial charge in [0.1, 0.15) is 11.6 Å². The first-order chi connectivity index (χ1) is 14.4. The zero-order valence-electron chi connectivity index (χ0n) is 16.3. The molecule has 1 atom stereocenters. The van der Waals surface area contributed by atoms with Gasteiger partial charge in [-0.1, -0.05) is 42.5 Å². The Morgan fingerprint density at radius 1 is 1.03 bits per heavy atom. The van der Waals surface area contributed by atoms with Gasteiger partial charge in [0.25, 0.3) is 0 Å². The first-order valence-electron chi connectivity index (χ1n) is 9.53. The fourth-order valence-electron chi connectivity index (χ4n) is 3.48. The van der Waals surface area contributed by atoms with Crippen LogP contribution in [-0.2, 0) is 17.8 Å². The number of nitrogens with zero attached hydrogens (tertiary/aromatic N) is 1. The average molecular weight is 423 g/mol. The fourth-order valence-corrected chi connectivity index (χ4v) is 4.74. The Hall–Kier alpha value is -2.99. The van der Waals surface area contributed by atoms with E-state index in [0.717, 1.165) is 22.2 Å². The van der Waals surface area contributed by atoms with E-state index in [2.05, 4.69) is 0 Å². The Balaban J connectivity index is 1.62. The van der Waals surface area contributed by atoms with E-state index in [1.165, 1.54) is 30.8 Å². The molecule has 1 aliphatic heterocycles. The Kier molecular flexibility index (Phi) is 5.68. The topological polar surface area (TPSA) is 37.4 Å². The average Bonchev–Trinajstić information content (AvgIpc) is 2.73. The molecule has 0 aliphatic carbocycles. The summed E-state index contributed by atoms with van der Waals surface area (Å²) < 4.78 is 27.5.